The van der Waals surface area contributed by atoms with Gasteiger partial charge in [-0.1, -0.05) is 60.7 Å². The van der Waals surface area contributed by atoms with Gasteiger partial charge in [-0.2, -0.15) is 0 Å². The van der Waals surface area contributed by atoms with Crippen molar-refractivity contribution in [2.24, 2.45) is 0 Å². The predicted molar refractivity (Wildman–Crippen MR) is 99.9 cm³/mol. The summed E-state index contributed by atoms with van der Waals surface area (Å²) in [6.45, 7) is 7.17. The summed E-state index contributed by atoms with van der Waals surface area (Å²) in [6, 6.07) is 22.5. The molecule has 0 aromatic heterocycles. The van der Waals surface area contributed by atoms with Crippen LogP contribution in [-0.2, 0) is 6.54 Å². The second-order valence-electron chi connectivity index (χ2n) is 7.54. The topological polar surface area (TPSA) is 6.48 Å². The molecular formula is C22H28N2. The molecule has 2 aliphatic rings. The SMILES string of the molecule is C[C@H](c1ccccc1)N1CC[C@@]2(CCCN2Cc2ccccc2)C1. The Morgan fingerprint density at radius 3 is 2.38 bits per heavy atom. The number of likely N-dealkylation sites (tertiary alicyclic amines) is 2. The van der Waals surface area contributed by atoms with E-state index < -0.39 is 0 Å². The molecule has 0 bridgehead atoms. The average Bonchev–Trinajstić information content (AvgIpc) is 3.24. The van der Waals surface area contributed by atoms with Gasteiger partial charge in [-0.25, -0.2) is 0 Å². The first-order chi connectivity index (χ1) is 11.8. The van der Waals surface area contributed by atoms with Crippen LogP contribution in [0.3, 0.4) is 0 Å². The van der Waals surface area contributed by atoms with Gasteiger partial charge in [0.05, 0.1) is 0 Å². The maximum absolute atomic E-state index is 2.76. The Kier molecular flexibility index (Phi) is 4.43. The van der Waals surface area contributed by atoms with Crippen molar-refractivity contribution in [1.82, 2.24) is 9.80 Å². The molecule has 4 rings (SSSR count). The Hall–Kier alpha value is -1.64. The van der Waals surface area contributed by atoms with Crippen LogP contribution in [0.25, 0.3) is 0 Å². The van der Waals surface area contributed by atoms with Crippen molar-refractivity contribution in [1.29, 1.82) is 0 Å². The summed E-state index contributed by atoms with van der Waals surface area (Å²) in [5.41, 5.74) is 3.30. The lowest BCUT2D eigenvalue weighted by molar-refractivity contribution is 0.123. The Labute approximate surface area is 146 Å². The van der Waals surface area contributed by atoms with Crippen molar-refractivity contribution in [2.75, 3.05) is 19.6 Å². The molecule has 24 heavy (non-hydrogen) atoms. The van der Waals surface area contributed by atoms with Crippen LogP contribution >= 0.6 is 0 Å². The van der Waals surface area contributed by atoms with Crippen LogP contribution in [0.15, 0.2) is 60.7 Å². The third-order valence-corrected chi connectivity index (χ3v) is 6.15. The molecule has 0 unspecified atom stereocenters. The van der Waals surface area contributed by atoms with Gasteiger partial charge in [-0.15, -0.1) is 0 Å². The van der Waals surface area contributed by atoms with Gasteiger partial charge < -0.3 is 0 Å². The molecule has 2 saturated heterocycles. The van der Waals surface area contributed by atoms with E-state index in [-0.39, 0.29) is 0 Å². The molecule has 2 heteroatoms. The molecule has 0 N–H and O–H groups in total. The van der Waals surface area contributed by atoms with E-state index in [1.807, 2.05) is 0 Å². The minimum Gasteiger partial charge on any atom is -0.295 e. The smallest absolute Gasteiger partial charge is 0.0352 e. The first-order valence-electron chi connectivity index (χ1n) is 9.35. The van der Waals surface area contributed by atoms with Crippen LogP contribution in [-0.4, -0.2) is 35.0 Å². The quantitative estimate of drug-likeness (QED) is 0.819. The zero-order chi connectivity index (χ0) is 16.4. The van der Waals surface area contributed by atoms with Crippen molar-refractivity contribution in [3.8, 4) is 0 Å². The van der Waals surface area contributed by atoms with Crippen molar-refractivity contribution >= 4 is 0 Å². The molecule has 126 valence electrons. The molecule has 0 amide bonds. The predicted octanol–water partition coefficient (Wildman–Crippen LogP) is 4.49. The monoisotopic (exact) mass is 320 g/mol. The van der Waals surface area contributed by atoms with Crippen LogP contribution in [0.4, 0.5) is 0 Å². The van der Waals surface area contributed by atoms with Gasteiger partial charge in [0.25, 0.3) is 0 Å². The van der Waals surface area contributed by atoms with Crippen molar-refractivity contribution in [2.45, 2.75) is 44.3 Å². The molecule has 1 spiro atoms. The third kappa shape index (κ3) is 3.01. The van der Waals surface area contributed by atoms with Crippen LogP contribution in [0.1, 0.15) is 43.4 Å². The largest absolute Gasteiger partial charge is 0.295 e. The van der Waals surface area contributed by atoms with E-state index in [4.69, 9.17) is 0 Å². The fourth-order valence-electron chi connectivity index (χ4n) is 4.67. The van der Waals surface area contributed by atoms with Crippen LogP contribution in [0.2, 0.25) is 0 Å². The number of hydrogen-bond donors (Lipinski definition) is 0. The molecular weight excluding hydrogens is 292 g/mol. The highest BCUT2D eigenvalue weighted by Crippen LogP contribution is 2.41. The lowest BCUT2D eigenvalue weighted by atomic mass is 9.94. The molecule has 0 aliphatic carbocycles. The van der Waals surface area contributed by atoms with Gasteiger partial charge in [0.1, 0.15) is 0 Å². The standard InChI is InChI=1S/C22H28N2/c1-19(21-11-6-3-7-12-21)23-16-14-22(18-23)13-8-15-24(22)17-20-9-4-2-5-10-20/h2-7,9-12,19H,8,13-18H2,1H3/t19-,22+/m1/s1. The average molecular weight is 320 g/mol. The second kappa shape index (κ2) is 6.70. The van der Waals surface area contributed by atoms with Gasteiger partial charge >= 0.3 is 0 Å². The van der Waals surface area contributed by atoms with E-state index >= 15 is 0 Å². The summed E-state index contributed by atoms with van der Waals surface area (Å²) in [5.74, 6) is 0. The summed E-state index contributed by atoms with van der Waals surface area (Å²) in [5, 5.41) is 0. The molecule has 0 radical (unpaired) electrons. The van der Waals surface area contributed by atoms with E-state index in [0.29, 0.717) is 11.6 Å². The Bertz CT molecular complexity index is 654. The molecule has 0 saturated carbocycles. The molecule has 2 aliphatic heterocycles. The zero-order valence-electron chi connectivity index (χ0n) is 14.7. The van der Waals surface area contributed by atoms with Gasteiger partial charge in [-0.05, 0) is 43.9 Å². The van der Waals surface area contributed by atoms with Crippen molar-refractivity contribution in [3.05, 3.63) is 71.8 Å². The van der Waals surface area contributed by atoms with E-state index in [0.717, 1.165) is 6.54 Å². The van der Waals surface area contributed by atoms with E-state index in [1.54, 1.807) is 0 Å². The minimum absolute atomic E-state index is 0.402. The zero-order valence-corrected chi connectivity index (χ0v) is 14.7. The van der Waals surface area contributed by atoms with Crippen LogP contribution in [0.5, 0.6) is 0 Å². The highest BCUT2D eigenvalue weighted by atomic mass is 15.3. The summed E-state index contributed by atoms with van der Waals surface area (Å²) >= 11 is 0. The van der Waals surface area contributed by atoms with Gasteiger partial charge in [0.2, 0.25) is 0 Å². The second-order valence-corrected chi connectivity index (χ2v) is 7.54. The van der Waals surface area contributed by atoms with Gasteiger partial charge in [-0.3, -0.25) is 9.80 Å². The fraction of sp³-hybridized carbons (Fsp3) is 0.455. The molecule has 2 aromatic carbocycles. The van der Waals surface area contributed by atoms with Gasteiger partial charge in [0, 0.05) is 31.2 Å². The van der Waals surface area contributed by atoms with Crippen molar-refractivity contribution in [3.63, 3.8) is 0 Å². The summed E-state index contributed by atoms with van der Waals surface area (Å²) in [4.78, 5) is 5.46. The summed E-state index contributed by atoms with van der Waals surface area (Å²) in [7, 11) is 0. The molecule has 2 fully saturated rings. The summed E-state index contributed by atoms with van der Waals surface area (Å²) < 4.78 is 0. The maximum Gasteiger partial charge on any atom is 0.0352 e. The Morgan fingerprint density at radius 2 is 1.62 bits per heavy atom. The summed E-state index contributed by atoms with van der Waals surface area (Å²) in [6.07, 6.45) is 4.02. The Balaban J connectivity index is 1.47. The maximum atomic E-state index is 2.76. The highest BCUT2D eigenvalue weighted by Gasteiger charge is 2.46. The number of benzene rings is 2. The van der Waals surface area contributed by atoms with Gasteiger partial charge in [0.15, 0.2) is 0 Å². The molecule has 2 nitrogen and oxygen atoms in total. The lowest BCUT2D eigenvalue weighted by Crippen LogP contribution is -2.45. The number of hydrogen-bond acceptors (Lipinski definition) is 2. The van der Waals surface area contributed by atoms with E-state index in [9.17, 15) is 0 Å². The Morgan fingerprint density at radius 1 is 0.917 bits per heavy atom. The van der Waals surface area contributed by atoms with E-state index in [1.165, 1.54) is 50.0 Å². The fourth-order valence-corrected chi connectivity index (χ4v) is 4.67. The first-order valence-corrected chi connectivity index (χ1v) is 9.35. The first kappa shape index (κ1) is 15.9. The molecule has 2 aromatic rings. The van der Waals surface area contributed by atoms with Crippen molar-refractivity contribution < 1.29 is 0 Å². The lowest BCUT2D eigenvalue weighted by Gasteiger charge is -2.36. The molecule has 2 heterocycles. The number of rotatable bonds is 4. The highest BCUT2D eigenvalue weighted by molar-refractivity contribution is 5.20. The normalized spacial score (nSPS) is 26.2. The molecule has 2 atom stereocenters. The minimum atomic E-state index is 0.402. The van der Waals surface area contributed by atoms with Crippen LogP contribution < -0.4 is 0 Å². The third-order valence-electron chi connectivity index (χ3n) is 6.15. The van der Waals surface area contributed by atoms with E-state index in [2.05, 4.69) is 77.4 Å². The van der Waals surface area contributed by atoms with Crippen LogP contribution in [0, 0.1) is 0 Å². The number of nitrogens with zero attached hydrogens (tertiary/aromatic N) is 2.